The van der Waals surface area contributed by atoms with Crippen molar-refractivity contribution < 1.29 is 0 Å². The molecule has 1 unspecified atom stereocenters. The molecule has 0 spiro atoms. The predicted molar refractivity (Wildman–Crippen MR) is 80.0 cm³/mol. The largest absolute Gasteiger partial charge is 0.348 e. The lowest BCUT2D eigenvalue weighted by Gasteiger charge is -2.18. The summed E-state index contributed by atoms with van der Waals surface area (Å²) in [5.41, 5.74) is 5.08. The average molecular weight is 284 g/mol. The number of hydrogen-bond acceptors (Lipinski definition) is 4. The summed E-state index contributed by atoms with van der Waals surface area (Å²) in [5.74, 6) is 0.241. The second-order valence-electron chi connectivity index (χ2n) is 4.89. The monoisotopic (exact) mass is 284 g/mol. The first-order valence-corrected chi connectivity index (χ1v) is 7.33. The van der Waals surface area contributed by atoms with Crippen molar-refractivity contribution in [2.45, 2.75) is 26.2 Å². The van der Waals surface area contributed by atoms with Gasteiger partial charge < -0.3 is 4.98 Å². The fourth-order valence-corrected chi connectivity index (χ4v) is 3.01. The molecule has 0 aliphatic heterocycles. The van der Waals surface area contributed by atoms with Gasteiger partial charge in [0.25, 0.3) is 0 Å². The van der Waals surface area contributed by atoms with Gasteiger partial charge in [-0.2, -0.15) is 4.37 Å². The minimum atomic E-state index is 0.241. The van der Waals surface area contributed by atoms with Crippen molar-refractivity contribution in [3.8, 4) is 0 Å². The van der Waals surface area contributed by atoms with E-state index in [0.29, 0.717) is 0 Å². The van der Waals surface area contributed by atoms with Crippen molar-refractivity contribution in [1.82, 2.24) is 19.3 Å². The van der Waals surface area contributed by atoms with Crippen LogP contribution in [0.3, 0.4) is 0 Å². The highest BCUT2D eigenvalue weighted by atomic mass is 32.1. The molecule has 0 saturated carbocycles. The molecule has 2 heterocycles. The number of rotatable bonds is 4. The van der Waals surface area contributed by atoms with Crippen LogP contribution in [-0.2, 0) is 6.42 Å². The first-order valence-electron chi connectivity index (χ1n) is 6.55. The minimum absolute atomic E-state index is 0.241. The van der Waals surface area contributed by atoms with E-state index in [-0.39, 0.29) is 5.92 Å². The first kappa shape index (κ1) is 13.0. The van der Waals surface area contributed by atoms with Crippen LogP contribution in [0.5, 0.6) is 0 Å². The van der Waals surface area contributed by atoms with E-state index in [0.717, 1.165) is 17.1 Å². The number of aromatic nitrogens is 4. The maximum Gasteiger partial charge on any atom is 0.129 e. The SMILES string of the molecule is Cc1cccc(C(Cc2ncns2)c2cnc[nH]2)c1C. The van der Waals surface area contributed by atoms with Crippen molar-refractivity contribution in [3.05, 3.63) is 64.4 Å². The molecule has 4 nitrogen and oxygen atoms in total. The molecule has 0 aliphatic rings. The molecule has 0 amide bonds. The van der Waals surface area contributed by atoms with E-state index in [9.17, 15) is 0 Å². The molecule has 3 aromatic rings. The minimum Gasteiger partial charge on any atom is -0.348 e. The molecule has 5 heteroatoms. The maximum atomic E-state index is 4.32. The third kappa shape index (κ3) is 2.49. The van der Waals surface area contributed by atoms with E-state index in [1.807, 2.05) is 6.20 Å². The Balaban J connectivity index is 2.03. The molecule has 0 aliphatic carbocycles. The van der Waals surface area contributed by atoms with Crippen LogP contribution >= 0.6 is 11.5 Å². The summed E-state index contributed by atoms with van der Waals surface area (Å²) in [7, 11) is 0. The smallest absolute Gasteiger partial charge is 0.129 e. The van der Waals surface area contributed by atoms with Gasteiger partial charge >= 0.3 is 0 Å². The number of hydrogen-bond donors (Lipinski definition) is 1. The zero-order valence-electron chi connectivity index (χ0n) is 11.5. The third-order valence-electron chi connectivity index (χ3n) is 3.70. The van der Waals surface area contributed by atoms with Crippen molar-refractivity contribution in [3.63, 3.8) is 0 Å². The number of aryl methyl sites for hydroxylation is 1. The molecule has 1 N–H and O–H groups in total. The summed E-state index contributed by atoms with van der Waals surface area (Å²) in [6, 6.07) is 6.45. The summed E-state index contributed by atoms with van der Waals surface area (Å²) >= 11 is 1.46. The van der Waals surface area contributed by atoms with Crippen molar-refractivity contribution in [1.29, 1.82) is 0 Å². The molecule has 1 aromatic carbocycles. The van der Waals surface area contributed by atoms with Crippen molar-refractivity contribution >= 4 is 11.5 Å². The number of nitrogens with one attached hydrogen (secondary N) is 1. The van der Waals surface area contributed by atoms with Gasteiger partial charge in [-0.15, -0.1) is 0 Å². The molecule has 20 heavy (non-hydrogen) atoms. The Morgan fingerprint density at radius 1 is 1.30 bits per heavy atom. The Labute approximate surface area is 122 Å². The zero-order valence-corrected chi connectivity index (χ0v) is 12.3. The quantitative estimate of drug-likeness (QED) is 0.800. The van der Waals surface area contributed by atoms with Crippen LogP contribution < -0.4 is 0 Å². The first-order chi connectivity index (χ1) is 9.75. The standard InChI is InChI=1S/C15H16N4S/c1-10-4-3-5-12(11(10)2)13(14-7-16-8-17-14)6-15-18-9-19-20-15/h3-5,7-9,13H,6H2,1-2H3,(H,16,17). The fraction of sp³-hybridized carbons (Fsp3) is 0.267. The van der Waals surface area contributed by atoms with Gasteiger partial charge in [-0.1, -0.05) is 18.2 Å². The fourth-order valence-electron chi connectivity index (χ4n) is 2.46. The molecule has 0 bridgehead atoms. The van der Waals surface area contributed by atoms with E-state index >= 15 is 0 Å². The van der Waals surface area contributed by atoms with Crippen LogP contribution in [-0.4, -0.2) is 19.3 Å². The molecule has 102 valence electrons. The molecule has 3 rings (SSSR count). The van der Waals surface area contributed by atoms with E-state index in [4.69, 9.17) is 0 Å². The van der Waals surface area contributed by atoms with E-state index in [2.05, 4.69) is 51.4 Å². The summed E-state index contributed by atoms with van der Waals surface area (Å²) in [6.45, 7) is 4.32. The van der Waals surface area contributed by atoms with E-state index in [1.54, 1.807) is 12.7 Å². The Bertz CT molecular complexity index is 674. The number of imidazole rings is 1. The predicted octanol–water partition coefficient (Wildman–Crippen LogP) is 3.25. The number of nitrogens with zero attached hydrogens (tertiary/aromatic N) is 3. The van der Waals surface area contributed by atoms with Gasteiger partial charge in [0.2, 0.25) is 0 Å². The van der Waals surface area contributed by atoms with Gasteiger partial charge in [0.15, 0.2) is 0 Å². The normalized spacial score (nSPS) is 12.5. The summed E-state index contributed by atoms with van der Waals surface area (Å²) in [5, 5.41) is 1.05. The second kappa shape index (κ2) is 5.54. The molecule has 0 radical (unpaired) electrons. The lowest BCUT2D eigenvalue weighted by Crippen LogP contribution is -2.08. The highest BCUT2D eigenvalue weighted by Crippen LogP contribution is 2.30. The summed E-state index contributed by atoms with van der Waals surface area (Å²) in [4.78, 5) is 11.7. The summed E-state index contributed by atoms with van der Waals surface area (Å²) < 4.78 is 4.09. The number of aromatic amines is 1. The van der Waals surface area contributed by atoms with E-state index in [1.165, 1.54) is 28.2 Å². The Kier molecular flexibility index (Phi) is 3.60. The van der Waals surface area contributed by atoms with Gasteiger partial charge in [0.1, 0.15) is 11.3 Å². The van der Waals surface area contributed by atoms with Gasteiger partial charge in [0.05, 0.1) is 6.33 Å². The molecular weight excluding hydrogens is 268 g/mol. The topological polar surface area (TPSA) is 54.5 Å². The average Bonchev–Trinajstić information content (AvgIpc) is 3.11. The van der Waals surface area contributed by atoms with E-state index < -0.39 is 0 Å². The lowest BCUT2D eigenvalue weighted by molar-refractivity contribution is 0.767. The van der Waals surface area contributed by atoms with Crippen molar-refractivity contribution in [2.75, 3.05) is 0 Å². The van der Waals surface area contributed by atoms with Crippen LogP contribution in [0.4, 0.5) is 0 Å². The van der Waals surface area contributed by atoms with Crippen LogP contribution in [0.15, 0.2) is 37.1 Å². The number of benzene rings is 1. The van der Waals surface area contributed by atoms with Gasteiger partial charge in [-0.05, 0) is 42.1 Å². The van der Waals surface area contributed by atoms with Gasteiger partial charge in [-0.3, -0.25) is 0 Å². The Morgan fingerprint density at radius 2 is 2.20 bits per heavy atom. The Hall–Kier alpha value is -2.01. The molecule has 0 saturated heterocycles. The highest BCUT2D eigenvalue weighted by Gasteiger charge is 2.20. The van der Waals surface area contributed by atoms with Crippen LogP contribution in [0.2, 0.25) is 0 Å². The van der Waals surface area contributed by atoms with Crippen LogP contribution in [0.25, 0.3) is 0 Å². The van der Waals surface area contributed by atoms with Crippen LogP contribution in [0.1, 0.15) is 33.3 Å². The van der Waals surface area contributed by atoms with Crippen molar-refractivity contribution in [2.24, 2.45) is 0 Å². The maximum absolute atomic E-state index is 4.32. The second-order valence-corrected chi connectivity index (χ2v) is 5.75. The third-order valence-corrected chi connectivity index (χ3v) is 4.38. The molecule has 0 fully saturated rings. The molecule has 2 aromatic heterocycles. The highest BCUT2D eigenvalue weighted by molar-refractivity contribution is 7.05. The zero-order chi connectivity index (χ0) is 13.9. The lowest BCUT2D eigenvalue weighted by atomic mass is 9.88. The molecule has 1 atom stereocenters. The van der Waals surface area contributed by atoms with Gasteiger partial charge in [0, 0.05) is 24.2 Å². The van der Waals surface area contributed by atoms with Gasteiger partial charge in [-0.25, -0.2) is 9.97 Å². The number of H-pyrrole nitrogens is 1. The Morgan fingerprint density at radius 3 is 2.90 bits per heavy atom. The van der Waals surface area contributed by atoms with Crippen LogP contribution in [0, 0.1) is 13.8 Å². The summed E-state index contributed by atoms with van der Waals surface area (Å²) in [6.07, 6.45) is 6.09. The molecular formula is C15H16N4S.